The molecule has 0 spiro atoms. The van der Waals surface area contributed by atoms with Crippen LogP contribution in [0.2, 0.25) is 0 Å². The zero-order valence-electron chi connectivity index (χ0n) is 8.99. The maximum absolute atomic E-state index is 10.7. The fraction of sp³-hybridized carbons (Fsp3) is 0.667. The lowest BCUT2D eigenvalue weighted by Gasteiger charge is -2.27. The predicted molar refractivity (Wildman–Crippen MR) is 55.6 cm³/mol. The largest absolute Gasteiger partial charge is 0.276 e. The van der Waals surface area contributed by atoms with Crippen molar-refractivity contribution in [2.45, 2.75) is 32.5 Å². The first kappa shape index (κ1) is 12.3. The van der Waals surface area contributed by atoms with Crippen molar-refractivity contribution in [2.75, 3.05) is 6.54 Å². The number of hydroxylamine groups is 3. The summed E-state index contributed by atoms with van der Waals surface area (Å²) in [6.45, 7) is 5.88. The predicted octanol–water partition coefficient (Wildman–Crippen LogP) is 1.16. The van der Waals surface area contributed by atoms with Crippen LogP contribution in [-0.4, -0.2) is 29.7 Å². The third-order valence-electron chi connectivity index (χ3n) is 1.51. The number of halogens is 1. The molecule has 1 amide bonds. The Morgan fingerprint density at radius 2 is 2.40 bits per heavy atom. The molecule has 6 heteroatoms. The van der Waals surface area contributed by atoms with Crippen LogP contribution in [0.1, 0.15) is 20.8 Å². The van der Waals surface area contributed by atoms with Crippen LogP contribution >= 0.6 is 11.6 Å². The molecule has 1 aliphatic rings. The van der Waals surface area contributed by atoms with E-state index in [1.165, 1.54) is 5.06 Å². The minimum absolute atomic E-state index is 0.287. The molecule has 1 heterocycles. The van der Waals surface area contributed by atoms with Crippen LogP contribution in [-0.2, 0) is 14.5 Å². The molecule has 0 aromatic heterocycles. The van der Waals surface area contributed by atoms with Gasteiger partial charge in [0.2, 0.25) is 6.41 Å². The minimum atomic E-state index is -0.416. The summed E-state index contributed by atoms with van der Waals surface area (Å²) in [5, 5.41) is 1.61. The van der Waals surface area contributed by atoms with E-state index in [9.17, 15) is 4.79 Å². The Balaban J connectivity index is 2.44. The molecule has 0 bridgehead atoms. The van der Waals surface area contributed by atoms with Crippen molar-refractivity contribution in [1.29, 1.82) is 0 Å². The average Bonchev–Trinajstić information content (AvgIpc) is 2.47. The molecule has 0 aromatic rings. The topological polar surface area (TPSA) is 50.8 Å². The first-order chi connectivity index (χ1) is 6.90. The SMILES string of the molecule is CC(C)(C)ON(C=O)CC1C=C(Cl)NO1. The number of amides is 1. The number of nitrogens with one attached hydrogen (secondary N) is 1. The Labute approximate surface area is 93.9 Å². The summed E-state index contributed by atoms with van der Waals surface area (Å²) in [6, 6.07) is 0. The van der Waals surface area contributed by atoms with Crippen LogP contribution < -0.4 is 5.48 Å². The maximum atomic E-state index is 10.7. The first-order valence-corrected chi connectivity index (χ1v) is 4.98. The maximum Gasteiger partial charge on any atom is 0.233 e. The van der Waals surface area contributed by atoms with Gasteiger partial charge in [0.25, 0.3) is 0 Å². The summed E-state index contributed by atoms with van der Waals surface area (Å²) in [4.78, 5) is 21.1. The number of hydrogen-bond acceptors (Lipinski definition) is 4. The third kappa shape index (κ3) is 4.51. The zero-order valence-corrected chi connectivity index (χ0v) is 9.75. The molecule has 1 rings (SSSR count). The quantitative estimate of drug-likeness (QED) is 0.451. The fourth-order valence-corrected chi connectivity index (χ4v) is 1.27. The van der Waals surface area contributed by atoms with Crippen molar-refractivity contribution < 1.29 is 14.5 Å². The van der Waals surface area contributed by atoms with Crippen molar-refractivity contribution in [1.82, 2.24) is 10.5 Å². The Morgan fingerprint density at radius 3 is 2.80 bits per heavy atom. The highest BCUT2D eigenvalue weighted by atomic mass is 35.5. The van der Waals surface area contributed by atoms with E-state index >= 15 is 0 Å². The summed E-state index contributed by atoms with van der Waals surface area (Å²) < 4.78 is 0. The van der Waals surface area contributed by atoms with Crippen molar-refractivity contribution in [3.05, 3.63) is 11.2 Å². The smallest absolute Gasteiger partial charge is 0.233 e. The molecule has 86 valence electrons. The molecule has 0 aromatic carbocycles. The standard InChI is InChI=1S/C9H15ClN2O3/c1-9(2,3)15-12(6-13)5-7-4-8(10)11-14-7/h4,6-7,11H,5H2,1-3H3. The molecule has 1 N–H and O–H groups in total. The highest BCUT2D eigenvalue weighted by molar-refractivity contribution is 6.29. The van der Waals surface area contributed by atoms with E-state index in [0.717, 1.165) is 0 Å². The van der Waals surface area contributed by atoms with E-state index in [4.69, 9.17) is 21.3 Å². The van der Waals surface area contributed by atoms with Crippen LogP contribution in [0.3, 0.4) is 0 Å². The normalized spacial score (nSPS) is 20.8. The summed E-state index contributed by atoms with van der Waals surface area (Å²) >= 11 is 5.64. The van der Waals surface area contributed by atoms with Crippen LogP contribution in [0.5, 0.6) is 0 Å². The third-order valence-corrected chi connectivity index (χ3v) is 1.71. The molecule has 0 saturated heterocycles. The van der Waals surface area contributed by atoms with Crippen molar-refractivity contribution >= 4 is 18.0 Å². The second kappa shape index (κ2) is 4.83. The van der Waals surface area contributed by atoms with E-state index in [1.54, 1.807) is 6.08 Å². The summed E-state index contributed by atoms with van der Waals surface area (Å²) in [5.74, 6) is 0. The van der Waals surface area contributed by atoms with E-state index < -0.39 is 5.60 Å². The molecule has 5 nitrogen and oxygen atoms in total. The summed E-state index contributed by atoms with van der Waals surface area (Å²) in [5.41, 5.74) is 2.07. The lowest BCUT2D eigenvalue weighted by atomic mass is 10.2. The molecule has 1 unspecified atom stereocenters. The van der Waals surface area contributed by atoms with Crippen molar-refractivity contribution in [2.24, 2.45) is 0 Å². The number of carbonyl (C=O) groups excluding carboxylic acids is 1. The lowest BCUT2D eigenvalue weighted by molar-refractivity contribution is -0.223. The van der Waals surface area contributed by atoms with Gasteiger partial charge in [0.15, 0.2) is 0 Å². The molecule has 0 radical (unpaired) electrons. The van der Waals surface area contributed by atoms with Gasteiger partial charge in [0, 0.05) is 0 Å². The van der Waals surface area contributed by atoms with E-state index in [2.05, 4.69) is 5.48 Å². The number of carbonyl (C=O) groups is 1. The van der Waals surface area contributed by atoms with Crippen LogP contribution in [0.15, 0.2) is 11.2 Å². The molecular weight excluding hydrogens is 220 g/mol. The fourth-order valence-electron chi connectivity index (χ4n) is 1.08. The van der Waals surface area contributed by atoms with E-state index in [1.807, 2.05) is 20.8 Å². The summed E-state index contributed by atoms with van der Waals surface area (Å²) in [6.07, 6.45) is 2.00. The molecule has 1 aliphatic heterocycles. The van der Waals surface area contributed by atoms with Crippen molar-refractivity contribution in [3.63, 3.8) is 0 Å². The van der Waals surface area contributed by atoms with Crippen LogP contribution in [0.4, 0.5) is 0 Å². The molecular formula is C9H15ClN2O3. The van der Waals surface area contributed by atoms with Gasteiger partial charge in [-0.2, -0.15) is 0 Å². The van der Waals surface area contributed by atoms with Crippen molar-refractivity contribution in [3.8, 4) is 0 Å². The van der Waals surface area contributed by atoms with Crippen LogP contribution in [0, 0.1) is 0 Å². The molecule has 0 aliphatic carbocycles. The van der Waals surface area contributed by atoms with Crippen LogP contribution in [0.25, 0.3) is 0 Å². The van der Waals surface area contributed by atoms with Gasteiger partial charge in [-0.15, -0.1) is 0 Å². The Morgan fingerprint density at radius 1 is 1.73 bits per heavy atom. The highest BCUT2D eigenvalue weighted by Crippen LogP contribution is 2.14. The second-order valence-corrected chi connectivity index (χ2v) is 4.59. The van der Waals surface area contributed by atoms with E-state index in [0.29, 0.717) is 18.1 Å². The monoisotopic (exact) mass is 234 g/mol. The first-order valence-electron chi connectivity index (χ1n) is 4.61. The zero-order chi connectivity index (χ0) is 11.5. The van der Waals surface area contributed by atoms with Gasteiger partial charge in [-0.25, -0.2) is 5.06 Å². The molecule has 0 saturated carbocycles. The number of nitrogens with zero attached hydrogens (tertiary/aromatic N) is 1. The molecule has 15 heavy (non-hydrogen) atoms. The summed E-state index contributed by atoms with van der Waals surface area (Å²) in [7, 11) is 0. The van der Waals surface area contributed by atoms with Gasteiger partial charge in [0.1, 0.15) is 11.3 Å². The van der Waals surface area contributed by atoms with Gasteiger partial charge in [0.05, 0.1) is 12.1 Å². The minimum Gasteiger partial charge on any atom is -0.276 e. The second-order valence-electron chi connectivity index (χ2n) is 4.18. The Bertz CT molecular complexity index is 263. The van der Waals surface area contributed by atoms with Gasteiger partial charge in [-0.05, 0) is 26.8 Å². The van der Waals surface area contributed by atoms with E-state index in [-0.39, 0.29) is 6.10 Å². The molecule has 1 atom stereocenters. The van der Waals surface area contributed by atoms with Gasteiger partial charge in [-0.3, -0.25) is 19.9 Å². The number of hydrogen-bond donors (Lipinski definition) is 1. The average molecular weight is 235 g/mol. The molecule has 0 fully saturated rings. The van der Waals surface area contributed by atoms with Gasteiger partial charge in [-0.1, -0.05) is 11.6 Å². The van der Waals surface area contributed by atoms with Gasteiger partial charge >= 0.3 is 0 Å². The van der Waals surface area contributed by atoms with Gasteiger partial charge < -0.3 is 0 Å². The highest BCUT2D eigenvalue weighted by Gasteiger charge is 2.22. The number of rotatable bonds is 4. The lowest BCUT2D eigenvalue weighted by Crippen LogP contribution is -2.38. The Hall–Kier alpha value is -0.780. The Kier molecular flexibility index (Phi) is 3.96.